The molecule has 0 saturated heterocycles. The molecule has 19 heavy (non-hydrogen) atoms. The minimum Gasteiger partial charge on any atom is -0.493 e. The first-order valence-corrected chi connectivity index (χ1v) is 6.75. The lowest BCUT2D eigenvalue weighted by molar-refractivity contribution is 0.408. The van der Waals surface area contributed by atoms with Gasteiger partial charge in [0.2, 0.25) is 5.88 Å². The van der Waals surface area contributed by atoms with Crippen molar-refractivity contribution in [1.82, 2.24) is 4.57 Å². The van der Waals surface area contributed by atoms with E-state index in [0.29, 0.717) is 5.69 Å². The van der Waals surface area contributed by atoms with Crippen LogP contribution in [0.15, 0.2) is 46.1 Å². The minimum atomic E-state index is -4.62. The van der Waals surface area contributed by atoms with Crippen molar-refractivity contribution in [1.29, 1.82) is 0 Å². The van der Waals surface area contributed by atoms with E-state index in [9.17, 15) is 18.3 Å². The van der Waals surface area contributed by atoms with Gasteiger partial charge in [0.1, 0.15) is 0 Å². The van der Waals surface area contributed by atoms with Crippen LogP contribution >= 0.6 is 0 Å². The van der Waals surface area contributed by atoms with Crippen molar-refractivity contribution in [3.8, 4) is 11.6 Å². The number of aromatic hydroxyl groups is 1. The van der Waals surface area contributed by atoms with Crippen molar-refractivity contribution in [2.45, 2.75) is 11.8 Å². The van der Waals surface area contributed by atoms with Crippen molar-refractivity contribution >= 4 is 10.1 Å². The van der Waals surface area contributed by atoms with Crippen LogP contribution in [0.5, 0.6) is 5.88 Å². The molecule has 0 saturated carbocycles. The summed E-state index contributed by atoms with van der Waals surface area (Å²) in [5.41, 5.74) is -0.305. The molecular formula is C12H11NO5S. The molecule has 1 aromatic heterocycles. The molecule has 1 heterocycles. The van der Waals surface area contributed by atoms with Gasteiger partial charge in [-0.2, -0.15) is 8.42 Å². The van der Waals surface area contributed by atoms with Gasteiger partial charge >= 0.3 is 0 Å². The van der Waals surface area contributed by atoms with Gasteiger partial charge in [-0.05, 0) is 24.6 Å². The molecule has 0 aliphatic carbocycles. The highest BCUT2D eigenvalue weighted by Gasteiger charge is 2.23. The van der Waals surface area contributed by atoms with Gasteiger partial charge in [0.25, 0.3) is 15.7 Å². The Kier molecular flexibility index (Phi) is 3.17. The van der Waals surface area contributed by atoms with Gasteiger partial charge < -0.3 is 5.11 Å². The fraction of sp³-hybridized carbons (Fsp3) is 0.0833. The first kappa shape index (κ1) is 13.3. The van der Waals surface area contributed by atoms with Crippen LogP contribution in [-0.2, 0) is 10.1 Å². The number of benzene rings is 1. The maximum absolute atomic E-state index is 11.9. The molecule has 0 amide bonds. The van der Waals surface area contributed by atoms with Crippen molar-refractivity contribution < 1.29 is 18.1 Å². The Morgan fingerprint density at radius 2 is 1.74 bits per heavy atom. The van der Waals surface area contributed by atoms with Crippen LogP contribution in [0.2, 0.25) is 0 Å². The van der Waals surface area contributed by atoms with Crippen molar-refractivity contribution in [2.24, 2.45) is 0 Å². The number of aromatic nitrogens is 1. The summed E-state index contributed by atoms with van der Waals surface area (Å²) in [6.07, 6.45) is 0. The Morgan fingerprint density at radius 1 is 1.16 bits per heavy atom. The van der Waals surface area contributed by atoms with Crippen molar-refractivity contribution in [3.05, 3.63) is 52.3 Å². The summed E-state index contributed by atoms with van der Waals surface area (Å²) in [4.78, 5) is 11.2. The van der Waals surface area contributed by atoms with Crippen LogP contribution < -0.4 is 5.56 Å². The second-order valence-electron chi connectivity index (χ2n) is 3.96. The highest BCUT2D eigenvalue weighted by Crippen LogP contribution is 2.26. The maximum atomic E-state index is 11.9. The first-order chi connectivity index (χ1) is 8.82. The standard InChI is InChI=1S/C12H11NO5S/c1-8-7-10(14)13(9-5-3-2-4-6-9)12(15)11(8)19(16,17)18/h2-7,15H,1H3,(H,16,17,18). The normalized spacial score (nSPS) is 11.5. The van der Waals surface area contributed by atoms with Gasteiger partial charge in [-0.1, -0.05) is 18.2 Å². The average Bonchev–Trinajstić information content (AvgIpc) is 2.27. The average molecular weight is 281 g/mol. The van der Waals surface area contributed by atoms with Crippen molar-refractivity contribution in [2.75, 3.05) is 0 Å². The number of nitrogens with zero attached hydrogens (tertiary/aromatic N) is 1. The van der Waals surface area contributed by atoms with E-state index in [1.54, 1.807) is 18.2 Å². The number of hydrogen-bond acceptors (Lipinski definition) is 4. The molecule has 0 aliphatic heterocycles. The van der Waals surface area contributed by atoms with Gasteiger partial charge in [-0.25, -0.2) is 4.57 Å². The van der Waals surface area contributed by atoms with E-state index in [-0.39, 0.29) is 5.56 Å². The predicted octanol–water partition coefficient (Wildman–Crippen LogP) is 1.10. The van der Waals surface area contributed by atoms with E-state index in [1.807, 2.05) is 0 Å². The molecule has 100 valence electrons. The quantitative estimate of drug-likeness (QED) is 0.803. The van der Waals surface area contributed by atoms with Crippen LogP contribution in [-0.4, -0.2) is 22.6 Å². The molecule has 0 aliphatic rings. The Bertz CT molecular complexity index is 778. The van der Waals surface area contributed by atoms with Crippen LogP contribution in [0.1, 0.15) is 5.56 Å². The molecule has 0 spiro atoms. The molecule has 2 aromatic rings. The number of rotatable bonds is 2. The summed E-state index contributed by atoms with van der Waals surface area (Å²) in [5.74, 6) is -0.807. The van der Waals surface area contributed by atoms with Gasteiger partial charge in [0, 0.05) is 6.07 Å². The molecular weight excluding hydrogens is 270 g/mol. The molecule has 0 radical (unpaired) electrons. The number of hydrogen-bond donors (Lipinski definition) is 2. The summed E-state index contributed by atoms with van der Waals surface area (Å²) in [6.45, 7) is 1.32. The van der Waals surface area contributed by atoms with Crippen LogP contribution in [0.4, 0.5) is 0 Å². The molecule has 6 nitrogen and oxygen atoms in total. The molecule has 1 aromatic carbocycles. The van der Waals surface area contributed by atoms with Crippen LogP contribution in [0.3, 0.4) is 0 Å². The lowest BCUT2D eigenvalue weighted by Gasteiger charge is -2.12. The van der Waals surface area contributed by atoms with Gasteiger partial charge in [0.05, 0.1) is 5.69 Å². The number of para-hydroxylation sites is 1. The number of pyridine rings is 1. The van der Waals surface area contributed by atoms with Crippen LogP contribution in [0, 0.1) is 6.92 Å². The Morgan fingerprint density at radius 3 is 2.26 bits per heavy atom. The second-order valence-corrected chi connectivity index (χ2v) is 5.32. The van der Waals surface area contributed by atoms with E-state index < -0.39 is 26.5 Å². The summed E-state index contributed by atoms with van der Waals surface area (Å²) in [7, 11) is -4.62. The monoisotopic (exact) mass is 281 g/mol. The van der Waals surface area contributed by atoms with Gasteiger partial charge in [-0.3, -0.25) is 9.35 Å². The summed E-state index contributed by atoms with van der Waals surface area (Å²) >= 11 is 0. The van der Waals surface area contributed by atoms with Crippen molar-refractivity contribution in [3.63, 3.8) is 0 Å². The molecule has 0 fully saturated rings. The molecule has 0 unspecified atom stereocenters. The zero-order chi connectivity index (χ0) is 14.2. The van der Waals surface area contributed by atoms with E-state index in [0.717, 1.165) is 10.6 Å². The zero-order valence-electron chi connectivity index (χ0n) is 9.94. The van der Waals surface area contributed by atoms with Gasteiger partial charge in [0.15, 0.2) is 4.90 Å². The Labute approximate surface area is 109 Å². The highest BCUT2D eigenvalue weighted by molar-refractivity contribution is 7.86. The minimum absolute atomic E-state index is 0.0165. The highest BCUT2D eigenvalue weighted by atomic mass is 32.2. The molecule has 0 bridgehead atoms. The first-order valence-electron chi connectivity index (χ1n) is 5.31. The summed E-state index contributed by atoms with van der Waals surface area (Å²) in [6, 6.07) is 9.08. The summed E-state index contributed by atoms with van der Waals surface area (Å²) < 4.78 is 32.4. The SMILES string of the molecule is Cc1cc(=O)n(-c2ccccc2)c(O)c1S(=O)(=O)O. The van der Waals surface area contributed by atoms with Crippen LogP contribution in [0.25, 0.3) is 5.69 Å². The third kappa shape index (κ3) is 2.38. The lowest BCUT2D eigenvalue weighted by atomic mass is 10.2. The molecule has 7 heteroatoms. The Hall–Kier alpha value is -2.12. The zero-order valence-corrected chi connectivity index (χ0v) is 10.8. The fourth-order valence-corrected chi connectivity index (χ4v) is 2.63. The third-order valence-corrected chi connectivity index (χ3v) is 3.63. The van der Waals surface area contributed by atoms with E-state index in [1.165, 1.54) is 19.1 Å². The molecule has 2 N–H and O–H groups in total. The third-order valence-electron chi connectivity index (χ3n) is 2.61. The predicted molar refractivity (Wildman–Crippen MR) is 68.3 cm³/mol. The van der Waals surface area contributed by atoms with E-state index >= 15 is 0 Å². The maximum Gasteiger partial charge on any atom is 0.300 e. The smallest absolute Gasteiger partial charge is 0.300 e. The van der Waals surface area contributed by atoms with E-state index in [4.69, 9.17) is 4.55 Å². The van der Waals surface area contributed by atoms with Gasteiger partial charge in [-0.15, -0.1) is 0 Å². The largest absolute Gasteiger partial charge is 0.493 e. The lowest BCUT2D eigenvalue weighted by Crippen LogP contribution is -2.20. The summed E-state index contributed by atoms with van der Waals surface area (Å²) in [5, 5.41) is 9.96. The van der Waals surface area contributed by atoms with E-state index in [2.05, 4.69) is 0 Å². The Balaban J connectivity index is 2.89. The fourth-order valence-electron chi connectivity index (χ4n) is 1.84. The topological polar surface area (TPSA) is 96.6 Å². The number of aryl methyl sites for hydroxylation is 1. The molecule has 0 atom stereocenters. The second kappa shape index (κ2) is 4.52. The molecule has 2 rings (SSSR count).